The molecule has 0 radical (unpaired) electrons. The molecule has 6 aromatic carbocycles. The number of esters is 1. The third-order valence-electron chi connectivity index (χ3n) is 19.2. The molecule has 2 aliphatic heterocycles. The summed E-state index contributed by atoms with van der Waals surface area (Å²) in [7, 11) is -8.86. The Hall–Kier alpha value is -6.88. The summed E-state index contributed by atoms with van der Waals surface area (Å²) >= 11 is 0. The van der Waals surface area contributed by atoms with Gasteiger partial charge in [-0.05, 0) is 207 Å². The highest BCUT2D eigenvalue weighted by Crippen LogP contribution is 2.52. The Kier molecular flexibility index (Phi) is 21.3. The Morgan fingerprint density at radius 3 is 2.02 bits per heavy atom. The van der Waals surface area contributed by atoms with Crippen LogP contribution in [0.15, 0.2) is 168 Å². The normalized spacial score (nSPS) is 18.1. The van der Waals surface area contributed by atoms with Crippen LogP contribution in [0.3, 0.4) is 0 Å². The molecule has 0 saturated carbocycles. The summed E-state index contributed by atoms with van der Waals surface area (Å²) < 4.78 is 85.8. The molecule has 2 heterocycles. The number of phenolic OH excluding ortho intramolecular Hbond substituents is 1. The smallest absolute Gasteiger partial charge is 0.311 e. The molecule has 0 amide bonds. The highest BCUT2D eigenvalue weighted by molar-refractivity contribution is 7.85. The number of nitrogens with zero attached hydrogens (tertiary/aromatic N) is 2. The highest BCUT2D eigenvalue weighted by Gasteiger charge is 2.46. The average molecular weight is 1250 g/mol. The Labute approximate surface area is 529 Å². The number of rotatable bonds is 29. The Bertz CT molecular complexity index is 3920. The molecule has 89 heavy (non-hydrogen) atoms. The minimum atomic E-state index is -4.43. The predicted molar refractivity (Wildman–Crippen MR) is 358 cm³/mol. The standard InChI is InChI=1S/C74H90N2O11S2.H2/c1-8-52(25-26-55(54-27-35-60(78)36-28-54)43-44-74(7,9-2)71(79)87-49-47-77)53-29-37-61(38-30-53)86-48-15-24-62-56(33-41-67-72(3,4)69-63-22-12-10-18-58(63)31-39-65(69)75(67)45-16-50-88(80,81)82)20-14-21-57(62)34-42-68-73(5,6)70-64-23-13-11-19-59(64)32-40-66(70)76(68)46-17-51-89(83,84)85;/h10-13,18-19,22-23,27-42,52,55,77H,8-9,14-17,20-21,24-26,43-51H2,1-7H3,(H2-,78,80,81,82,83,84,85);1H/p-1. The van der Waals surface area contributed by atoms with Gasteiger partial charge in [0.05, 0.1) is 44.3 Å². The number of hydrogen-bond donors (Lipinski definition) is 2. The molecule has 3 atom stereocenters. The lowest BCUT2D eigenvalue weighted by atomic mass is 9.77. The zero-order chi connectivity index (χ0) is 63.7. The first-order valence-electron chi connectivity index (χ1n) is 31.9. The van der Waals surface area contributed by atoms with Gasteiger partial charge in [0.15, 0.2) is 5.71 Å². The van der Waals surface area contributed by atoms with Crippen LogP contribution in [-0.4, -0.2) is 96.8 Å². The molecule has 1 aliphatic carbocycles. The van der Waals surface area contributed by atoms with Crippen LogP contribution in [0, 0.1) is 5.41 Å². The van der Waals surface area contributed by atoms with Gasteiger partial charge in [-0.25, -0.2) is 16.8 Å². The van der Waals surface area contributed by atoms with E-state index < -0.39 is 48.0 Å². The molecule has 13 nitrogen and oxygen atoms in total. The van der Waals surface area contributed by atoms with Crippen molar-refractivity contribution in [3.63, 3.8) is 0 Å². The molecule has 0 saturated heterocycles. The van der Waals surface area contributed by atoms with Gasteiger partial charge in [0.2, 0.25) is 5.69 Å². The Morgan fingerprint density at radius 2 is 1.36 bits per heavy atom. The maximum absolute atomic E-state index is 13.1. The quantitative estimate of drug-likeness (QED) is 0.0195. The van der Waals surface area contributed by atoms with Gasteiger partial charge in [-0.15, -0.1) is 0 Å². The van der Waals surface area contributed by atoms with E-state index in [0.29, 0.717) is 32.5 Å². The number of phenols is 1. The third kappa shape index (κ3) is 15.7. The number of allylic oxidation sites excluding steroid dienone is 8. The van der Waals surface area contributed by atoms with Crippen LogP contribution in [0.25, 0.3) is 21.5 Å². The predicted octanol–water partition coefficient (Wildman–Crippen LogP) is 15.5. The second kappa shape index (κ2) is 28.5. The first-order chi connectivity index (χ1) is 42.5. The average Bonchev–Trinajstić information content (AvgIpc) is 1.58. The molecule has 2 N–H and O–H groups in total. The van der Waals surface area contributed by atoms with E-state index in [1.807, 2.05) is 50.2 Å². The number of aromatic hydroxyl groups is 1. The van der Waals surface area contributed by atoms with Crippen molar-refractivity contribution >= 4 is 64.8 Å². The van der Waals surface area contributed by atoms with E-state index in [4.69, 9.17) is 9.47 Å². The van der Waals surface area contributed by atoms with Gasteiger partial charge in [-0.1, -0.05) is 119 Å². The van der Waals surface area contributed by atoms with Crippen LogP contribution in [0.1, 0.15) is 167 Å². The number of aliphatic hydroxyl groups excluding tert-OH is 1. The van der Waals surface area contributed by atoms with Crippen molar-refractivity contribution in [2.24, 2.45) is 5.41 Å². The topological polar surface area (TPSA) is 197 Å². The van der Waals surface area contributed by atoms with E-state index in [1.54, 1.807) is 12.1 Å². The van der Waals surface area contributed by atoms with Gasteiger partial charge in [0, 0.05) is 60.4 Å². The van der Waals surface area contributed by atoms with Gasteiger partial charge in [0.1, 0.15) is 24.7 Å². The van der Waals surface area contributed by atoms with E-state index in [1.165, 1.54) is 22.3 Å². The molecule has 3 unspecified atom stereocenters. The van der Waals surface area contributed by atoms with Gasteiger partial charge in [-0.3, -0.25) is 4.79 Å². The number of hydrogen-bond acceptors (Lipinski definition) is 12. The largest absolute Gasteiger partial charge is 0.748 e. The van der Waals surface area contributed by atoms with E-state index in [9.17, 15) is 40.9 Å². The van der Waals surface area contributed by atoms with Crippen molar-refractivity contribution in [1.29, 1.82) is 0 Å². The molecule has 6 aromatic rings. The lowest BCUT2D eigenvalue weighted by Gasteiger charge is -2.29. The number of aliphatic hydroxyl groups is 1. The molecular weight excluding hydrogens is 1160 g/mol. The summed E-state index contributed by atoms with van der Waals surface area (Å²) in [5.74, 6) is 0.231. The van der Waals surface area contributed by atoms with Crippen molar-refractivity contribution in [2.75, 3.05) is 49.3 Å². The first kappa shape index (κ1) is 66.5. The van der Waals surface area contributed by atoms with Crippen molar-refractivity contribution in [1.82, 2.24) is 0 Å². The van der Waals surface area contributed by atoms with E-state index in [0.717, 1.165) is 125 Å². The molecule has 9 rings (SSSR count). The molecule has 476 valence electrons. The molecule has 0 fully saturated rings. The van der Waals surface area contributed by atoms with Crippen LogP contribution in [-0.2, 0) is 40.6 Å². The first-order valence-corrected chi connectivity index (χ1v) is 35.1. The summed E-state index contributed by atoms with van der Waals surface area (Å²) in [6.07, 6.45) is 18.1. The fourth-order valence-corrected chi connectivity index (χ4v) is 15.1. The van der Waals surface area contributed by atoms with Crippen LogP contribution in [0.5, 0.6) is 11.5 Å². The maximum Gasteiger partial charge on any atom is 0.311 e. The lowest BCUT2D eigenvalue weighted by molar-refractivity contribution is -0.437. The van der Waals surface area contributed by atoms with Crippen molar-refractivity contribution in [3.8, 4) is 11.5 Å². The SMILES string of the molecule is CCC(CCC(CCC(C)(CC)C(=O)OCCO)c1ccc(O)cc1)c1ccc(OCCCC2=C(/C=C/C3=[N+](CCCS(=O)(=O)[O-])c4ccc5ccccc5c4C3(C)C)CCC/C2=C\C=C2\N(CCCS(=O)(=O)[O-])c3ccc4ccccc4c3C2(C)C)cc1.[HH]. The second-order valence-electron chi connectivity index (χ2n) is 25.8. The fourth-order valence-electron chi connectivity index (χ4n) is 14.1. The van der Waals surface area contributed by atoms with E-state index in [-0.39, 0.29) is 51.0 Å². The molecular formula is C74H91N2O11S2-. The van der Waals surface area contributed by atoms with Crippen LogP contribution in [0.4, 0.5) is 11.4 Å². The van der Waals surface area contributed by atoms with Crippen LogP contribution >= 0.6 is 0 Å². The summed E-state index contributed by atoms with van der Waals surface area (Å²) in [6, 6.07) is 41.0. The second-order valence-corrected chi connectivity index (χ2v) is 28.8. The summed E-state index contributed by atoms with van der Waals surface area (Å²) in [6.45, 7) is 16.0. The number of ether oxygens (including phenoxy) is 2. The van der Waals surface area contributed by atoms with E-state index in [2.05, 4.69) is 141 Å². The maximum atomic E-state index is 13.1. The number of carbonyl (C=O) groups excluding carboxylic acids is 1. The number of carbonyl (C=O) groups is 1. The molecule has 3 aliphatic rings. The Balaban J connectivity index is 0.0000105. The molecule has 15 heteroatoms. The van der Waals surface area contributed by atoms with Gasteiger partial charge >= 0.3 is 5.97 Å². The van der Waals surface area contributed by atoms with Gasteiger partial charge < -0.3 is 33.7 Å². The molecule has 0 spiro atoms. The zero-order valence-electron chi connectivity index (χ0n) is 52.9. The minimum absolute atomic E-state index is 0. The summed E-state index contributed by atoms with van der Waals surface area (Å²) in [5, 5.41) is 23.9. The van der Waals surface area contributed by atoms with Gasteiger partial charge in [-0.2, -0.15) is 4.58 Å². The molecule has 0 aromatic heterocycles. The third-order valence-corrected chi connectivity index (χ3v) is 20.7. The number of benzene rings is 6. The van der Waals surface area contributed by atoms with Crippen molar-refractivity contribution in [2.45, 2.75) is 155 Å². The lowest BCUT2D eigenvalue weighted by Crippen LogP contribution is -2.30. The molecule has 0 bridgehead atoms. The summed E-state index contributed by atoms with van der Waals surface area (Å²) in [5.41, 5.74) is 10.7. The van der Waals surface area contributed by atoms with Crippen LogP contribution in [0.2, 0.25) is 0 Å². The van der Waals surface area contributed by atoms with Crippen molar-refractivity contribution < 1.29 is 56.4 Å². The van der Waals surface area contributed by atoms with Gasteiger partial charge in [0.25, 0.3) is 0 Å². The Morgan fingerprint density at radius 1 is 0.730 bits per heavy atom. The number of fused-ring (bicyclic) bond motifs is 6. The number of anilines is 1. The van der Waals surface area contributed by atoms with Crippen LogP contribution < -0.4 is 9.64 Å². The summed E-state index contributed by atoms with van der Waals surface area (Å²) in [4.78, 5) is 15.3. The minimum Gasteiger partial charge on any atom is -0.748 e. The fraction of sp³-hybridized carbons (Fsp3) is 0.432. The zero-order valence-corrected chi connectivity index (χ0v) is 54.6. The highest BCUT2D eigenvalue weighted by atomic mass is 32.2. The van der Waals surface area contributed by atoms with E-state index >= 15 is 0 Å². The monoisotopic (exact) mass is 1250 g/mol. The van der Waals surface area contributed by atoms with Crippen molar-refractivity contribution in [3.05, 3.63) is 190 Å².